The van der Waals surface area contributed by atoms with Gasteiger partial charge in [-0.25, -0.2) is 0 Å². The van der Waals surface area contributed by atoms with E-state index in [-0.39, 0.29) is 0 Å². The second-order valence-corrected chi connectivity index (χ2v) is 3.68. The van der Waals surface area contributed by atoms with Gasteiger partial charge in [-0.1, -0.05) is 19.3 Å². The quantitative estimate of drug-likeness (QED) is 0.626. The molecule has 66 valence electrons. The summed E-state index contributed by atoms with van der Waals surface area (Å²) in [5, 5.41) is 3.41. The van der Waals surface area contributed by atoms with E-state index >= 15 is 0 Å². The van der Waals surface area contributed by atoms with Gasteiger partial charge >= 0.3 is 0 Å². The van der Waals surface area contributed by atoms with Crippen LogP contribution in [0.3, 0.4) is 0 Å². The largest absolute Gasteiger partial charge is 0.329 e. The van der Waals surface area contributed by atoms with E-state index in [1.54, 1.807) is 0 Å². The Morgan fingerprint density at radius 3 is 2.73 bits per heavy atom. The van der Waals surface area contributed by atoms with Crippen LogP contribution in [-0.4, -0.2) is 19.1 Å². The predicted octanol–water partition coefficient (Wildman–Crippen LogP) is 1.11. The van der Waals surface area contributed by atoms with E-state index in [0.29, 0.717) is 6.04 Å². The Morgan fingerprint density at radius 1 is 1.55 bits per heavy atom. The predicted molar refractivity (Wildman–Crippen MR) is 48.5 cm³/mol. The highest BCUT2D eigenvalue weighted by atomic mass is 14.9. The summed E-state index contributed by atoms with van der Waals surface area (Å²) in [5.41, 5.74) is 5.39. The molecule has 2 nitrogen and oxygen atoms in total. The van der Waals surface area contributed by atoms with Crippen LogP contribution in [0.25, 0.3) is 0 Å². The first-order chi connectivity index (χ1) is 5.33. The number of rotatable bonds is 5. The standard InChI is InChI=1S/C9H20N2/c1-8(11-6-5-10)7-9-3-2-4-9/h8-9,11H,2-7,10H2,1H3. The molecule has 0 aromatic heterocycles. The number of nitrogens with one attached hydrogen (secondary N) is 1. The molecule has 0 spiro atoms. The normalized spacial score (nSPS) is 21.3. The first kappa shape index (κ1) is 9.01. The third-order valence-corrected chi connectivity index (χ3v) is 2.55. The molecule has 0 amide bonds. The summed E-state index contributed by atoms with van der Waals surface area (Å²) in [6.07, 6.45) is 5.71. The Balaban J connectivity index is 1.95. The fraction of sp³-hybridized carbons (Fsp3) is 1.00. The van der Waals surface area contributed by atoms with Gasteiger partial charge in [0.1, 0.15) is 0 Å². The zero-order valence-corrected chi connectivity index (χ0v) is 7.47. The van der Waals surface area contributed by atoms with Crippen molar-refractivity contribution >= 4 is 0 Å². The topological polar surface area (TPSA) is 38.0 Å². The number of hydrogen-bond donors (Lipinski definition) is 2. The van der Waals surface area contributed by atoms with Gasteiger partial charge in [-0.2, -0.15) is 0 Å². The van der Waals surface area contributed by atoms with Crippen molar-refractivity contribution in [2.45, 2.75) is 38.6 Å². The van der Waals surface area contributed by atoms with Gasteiger partial charge in [-0.3, -0.25) is 0 Å². The highest BCUT2D eigenvalue weighted by Gasteiger charge is 2.19. The maximum absolute atomic E-state index is 5.39. The molecule has 1 saturated carbocycles. The third kappa shape index (κ3) is 3.21. The lowest BCUT2D eigenvalue weighted by Crippen LogP contribution is -2.33. The monoisotopic (exact) mass is 156 g/mol. The highest BCUT2D eigenvalue weighted by molar-refractivity contribution is 4.74. The molecule has 1 aliphatic rings. The average molecular weight is 156 g/mol. The van der Waals surface area contributed by atoms with E-state index in [0.717, 1.165) is 19.0 Å². The van der Waals surface area contributed by atoms with Gasteiger partial charge in [0.2, 0.25) is 0 Å². The van der Waals surface area contributed by atoms with E-state index in [9.17, 15) is 0 Å². The second-order valence-electron chi connectivity index (χ2n) is 3.68. The summed E-state index contributed by atoms with van der Waals surface area (Å²) in [5.74, 6) is 1.01. The van der Waals surface area contributed by atoms with Gasteiger partial charge < -0.3 is 11.1 Å². The van der Waals surface area contributed by atoms with E-state index < -0.39 is 0 Å². The van der Waals surface area contributed by atoms with Crippen LogP contribution in [-0.2, 0) is 0 Å². The third-order valence-electron chi connectivity index (χ3n) is 2.55. The molecule has 0 bridgehead atoms. The summed E-state index contributed by atoms with van der Waals surface area (Å²) in [7, 11) is 0. The molecule has 0 aromatic carbocycles. The van der Waals surface area contributed by atoms with E-state index in [4.69, 9.17) is 5.73 Å². The Kier molecular flexibility index (Phi) is 3.87. The average Bonchev–Trinajstić information content (AvgIpc) is 1.93. The first-order valence-electron chi connectivity index (χ1n) is 4.76. The summed E-state index contributed by atoms with van der Waals surface area (Å²) >= 11 is 0. The van der Waals surface area contributed by atoms with Gasteiger partial charge in [-0.05, 0) is 19.3 Å². The summed E-state index contributed by atoms with van der Waals surface area (Å²) in [4.78, 5) is 0. The molecule has 1 fully saturated rings. The van der Waals surface area contributed by atoms with Crippen molar-refractivity contribution in [2.24, 2.45) is 11.7 Å². The second kappa shape index (κ2) is 4.73. The van der Waals surface area contributed by atoms with Crippen LogP contribution in [0.4, 0.5) is 0 Å². The Hall–Kier alpha value is -0.0800. The lowest BCUT2D eigenvalue weighted by Gasteiger charge is -2.28. The van der Waals surface area contributed by atoms with Gasteiger partial charge in [0.15, 0.2) is 0 Å². The minimum absolute atomic E-state index is 0.670. The Bertz CT molecular complexity index is 99.7. The van der Waals surface area contributed by atoms with Crippen molar-refractivity contribution in [3.8, 4) is 0 Å². The highest BCUT2D eigenvalue weighted by Crippen LogP contribution is 2.30. The van der Waals surface area contributed by atoms with Crippen LogP contribution in [0.5, 0.6) is 0 Å². The molecule has 1 rings (SSSR count). The first-order valence-corrected chi connectivity index (χ1v) is 4.76. The Labute approximate surface area is 69.5 Å². The molecule has 0 aromatic rings. The van der Waals surface area contributed by atoms with Crippen LogP contribution in [0.2, 0.25) is 0 Å². The van der Waals surface area contributed by atoms with Crippen molar-refractivity contribution in [2.75, 3.05) is 13.1 Å². The van der Waals surface area contributed by atoms with Crippen LogP contribution in [0.1, 0.15) is 32.6 Å². The maximum atomic E-state index is 5.39. The SMILES string of the molecule is CC(CC1CCC1)NCCN. The Morgan fingerprint density at radius 2 is 2.27 bits per heavy atom. The van der Waals surface area contributed by atoms with E-state index in [2.05, 4.69) is 12.2 Å². The van der Waals surface area contributed by atoms with E-state index in [1.165, 1.54) is 25.7 Å². The van der Waals surface area contributed by atoms with Gasteiger partial charge in [0.25, 0.3) is 0 Å². The van der Waals surface area contributed by atoms with Crippen LogP contribution in [0, 0.1) is 5.92 Å². The summed E-state index contributed by atoms with van der Waals surface area (Å²) in [6.45, 7) is 3.98. The molecular weight excluding hydrogens is 136 g/mol. The number of nitrogens with two attached hydrogens (primary N) is 1. The minimum atomic E-state index is 0.670. The zero-order chi connectivity index (χ0) is 8.10. The van der Waals surface area contributed by atoms with Crippen molar-refractivity contribution in [3.63, 3.8) is 0 Å². The zero-order valence-electron chi connectivity index (χ0n) is 7.47. The van der Waals surface area contributed by atoms with Crippen LogP contribution in [0.15, 0.2) is 0 Å². The fourth-order valence-electron chi connectivity index (χ4n) is 1.64. The van der Waals surface area contributed by atoms with Crippen molar-refractivity contribution in [1.82, 2.24) is 5.32 Å². The molecule has 0 saturated heterocycles. The van der Waals surface area contributed by atoms with Crippen molar-refractivity contribution < 1.29 is 0 Å². The lowest BCUT2D eigenvalue weighted by molar-refractivity contribution is 0.267. The molecular formula is C9H20N2. The molecule has 0 radical (unpaired) electrons. The molecule has 2 heteroatoms. The molecule has 0 aliphatic heterocycles. The van der Waals surface area contributed by atoms with Gasteiger partial charge in [0, 0.05) is 19.1 Å². The summed E-state index contributed by atoms with van der Waals surface area (Å²) < 4.78 is 0. The van der Waals surface area contributed by atoms with Crippen molar-refractivity contribution in [1.29, 1.82) is 0 Å². The van der Waals surface area contributed by atoms with Crippen LogP contribution >= 0.6 is 0 Å². The minimum Gasteiger partial charge on any atom is -0.329 e. The van der Waals surface area contributed by atoms with Crippen LogP contribution < -0.4 is 11.1 Å². The molecule has 3 N–H and O–H groups in total. The van der Waals surface area contributed by atoms with Gasteiger partial charge in [0.05, 0.1) is 0 Å². The molecule has 0 heterocycles. The van der Waals surface area contributed by atoms with Gasteiger partial charge in [-0.15, -0.1) is 0 Å². The fourth-order valence-corrected chi connectivity index (χ4v) is 1.64. The molecule has 1 atom stereocenters. The number of hydrogen-bond acceptors (Lipinski definition) is 2. The lowest BCUT2D eigenvalue weighted by atomic mass is 9.81. The van der Waals surface area contributed by atoms with Crippen molar-refractivity contribution in [3.05, 3.63) is 0 Å². The molecule has 11 heavy (non-hydrogen) atoms. The summed E-state index contributed by atoms with van der Waals surface area (Å²) in [6, 6.07) is 0.670. The molecule has 1 aliphatic carbocycles. The van der Waals surface area contributed by atoms with E-state index in [1.807, 2.05) is 0 Å². The smallest absolute Gasteiger partial charge is 0.00769 e. The maximum Gasteiger partial charge on any atom is 0.00769 e. The molecule has 1 unspecified atom stereocenters.